The second kappa shape index (κ2) is 5.17. The fraction of sp³-hybridized carbons (Fsp3) is 0.273. The van der Waals surface area contributed by atoms with Gasteiger partial charge >= 0.3 is 0 Å². The highest BCUT2D eigenvalue weighted by Gasteiger charge is 2.02. The number of hydrogen-bond acceptors (Lipinski definition) is 2. The highest BCUT2D eigenvalue weighted by molar-refractivity contribution is 5.83. The normalized spacial score (nSPS) is 10.4. The molecule has 3 nitrogen and oxygen atoms in total. The molecule has 0 aliphatic carbocycles. The van der Waals surface area contributed by atoms with Gasteiger partial charge < -0.3 is 5.32 Å². The first-order chi connectivity index (χ1) is 6.74. The van der Waals surface area contributed by atoms with Gasteiger partial charge in [-0.25, -0.2) is 0 Å². The van der Waals surface area contributed by atoms with Crippen molar-refractivity contribution >= 4 is 17.8 Å². The lowest BCUT2D eigenvalue weighted by Crippen LogP contribution is -2.03. The zero-order valence-electron chi connectivity index (χ0n) is 8.45. The number of benzene rings is 1. The molecule has 0 unspecified atom stereocenters. The zero-order chi connectivity index (χ0) is 10.4. The maximum absolute atomic E-state index is 11.0. The van der Waals surface area contributed by atoms with E-state index < -0.39 is 0 Å². The molecule has 0 radical (unpaired) electrons. The van der Waals surface area contributed by atoms with Gasteiger partial charge in [0.1, 0.15) is 5.78 Å². The van der Waals surface area contributed by atoms with E-state index in [9.17, 15) is 4.79 Å². The van der Waals surface area contributed by atoms with Gasteiger partial charge in [-0.15, -0.1) is 0 Å². The molecule has 1 rings (SSSR count). The van der Waals surface area contributed by atoms with E-state index in [2.05, 4.69) is 10.3 Å². The number of nitrogens with one attached hydrogen (secondary N) is 1. The lowest BCUT2D eigenvalue weighted by atomic mass is 10.1. The summed E-state index contributed by atoms with van der Waals surface area (Å²) in [5.74, 6) is 0.160. The smallest absolute Gasteiger partial charge is 0.134 e. The Balaban J connectivity index is 2.85. The Morgan fingerprint density at radius 3 is 2.86 bits per heavy atom. The summed E-state index contributed by atoms with van der Waals surface area (Å²) in [6, 6.07) is 7.72. The summed E-state index contributed by atoms with van der Waals surface area (Å²) in [6.07, 6.45) is 2.07. The highest BCUT2D eigenvalue weighted by atomic mass is 16.1. The van der Waals surface area contributed by atoms with Gasteiger partial charge in [-0.1, -0.05) is 18.2 Å². The van der Waals surface area contributed by atoms with Crippen molar-refractivity contribution in [1.82, 2.24) is 0 Å². The van der Waals surface area contributed by atoms with Crippen molar-refractivity contribution in [3.05, 3.63) is 29.8 Å². The van der Waals surface area contributed by atoms with Crippen LogP contribution in [0.4, 0.5) is 5.69 Å². The molecule has 0 saturated carbocycles. The molecular formula is C11H14N2O. The number of nitrogens with zero attached hydrogens (tertiary/aromatic N) is 1. The monoisotopic (exact) mass is 190 g/mol. The number of anilines is 1. The topological polar surface area (TPSA) is 41.5 Å². The number of hydrogen-bond donors (Lipinski definition) is 1. The number of ketones is 1. The molecule has 0 aromatic heterocycles. The Morgan fingerprint density at radius 1 is 1.50 bits per heavy atom. The van der Waals surface area contributed by atoms with Crippen molar-refractivity contribution in [3.63, 3.8) is 0 Å². The lowest BCUT2D eigenvalue weighted by Gasteiger charge is -2.06. The first-order valence-corrected chi connectivity index (χ1v) is 4.48. The molecule has 0 aliphatic rings. The van der Waals surface area contributed by atoms with Crippen molar-refractivity contribution in [2.45, 2.75) is 13.3 Å². The lowest BCUT2D eigenvalue weighted by molar-refractivity contribution is -0.116. The van der Waals surface area contributed by atoms with Gasteiger partial charge in [0.15, 0.2) is 0 Å². The summed E-state index contributed by atoms with van der Waals surface area (Å²) in [5, 5.41) is 3.02. The van der Waals surface area contributed by atoms with Gasteiger partial charge in [0.05, 0.1) is 6.34 Å². The molecule has 1 aromatic rings. The third-order valence-electron chi connectivity index (χ3n) is 1.81. The average Bonchev–Trinajstić information content (AvgIpc) is 2.16. The molecule has 14 heavy (non-hydrogen) atoms. The third-order valence-corrected chi connectivity index (χ3v) is 1.81. The summed E-state index contributed by atoms with van der Waals surface area (Å²) in [6.45, 7) is 1.59. The first-order valence-electron chi connectivity index (χ1n) is 4.48. The van der Waals surface area contributed by atoms with E-state index in [1.54, 1.807) is 20.3 Å². The maximum atomic E-state index is 11.0. The van der Waals surface area contributed by atoms with Crippen molar-refractivity contribution in [1.29, 1.82) is 0 Å². The maximum Gasteiger partial charge on any atom is 0.134 e. The summed E-state index contributed by atoms with van der Waals surface area (Å²) >= 11 is 0. The molecule has 0 spiro atoms. The molecule has 74 valence electrons. The molecule has 3 heteroatoms. The van der Waals surface area contributed by atoms with Gasteiger partial charge in [0, 0.05) is 19.2 Å². The number of para-hydroxylation sites is 1. The van der Waals surface area contributed by atoms with Gasteiger partial charge in [-0.3, -0.25) is 9.79 Å². The predicted octanol–water partition coefficient (Wildman–Crippen LogP) is 1.89. The van der Waals surface area contributed by atoms with E-state index in [-0.39, 0.29) is 5.78 Å². The van der Waals surface area contributed by atoms with Crippen molar-refractivity contribution in [3.8, 4) is 0 Å². The Labute approximate surface area is 83.9 Å². The first kappa shape index (κ1) is 10.4. The third kappa shape index (κ3) is 3.01. The van der Waals surface area contributed by atoms with Crippen LogP contribution in [0.5, 0.6) is 0 Å². The summed E-state index contributed by atoms with van der Waals surface area (Å²) in [4.78, 5) is 14.8. The van der Waals surface area contributed by atoms with Crippen LogP contribution >= 0.6 is 0 Å². The van der Waals surface area contributed by atoms with E-state index in [4.69, 9.17) is 0 Å². The predicted molar refractivity (Wildman–Crippen MR) is 58.9 cm³/mol. The molecule has 0 fully saturated rings. The molecular weight excluding hydrogens is 176 g/mol. The van der Waals surface area contributed by atoms with E-state index in [1.165, 1.54) is 0 Å². The van der Waals surface area contributed by atoms with Crippen LogP contribution in [-0.2, 0) is 11.2 Å². The van der Waals surface area contributed by atoms with E-state index >= 15 is 0 Å². The number of carbonyl (C=O) groups excluding carboxylic acids is 1. The molecule has 0 amide bonds. The van der Waals surface area contributed by atoms with Crippen LogP contribution in [0.25, 0.3) is 0 Å². The molecule has 1 N–H and O–H groups in total. The minimum atomic E-state index is 0.160. The van der Waals surface area contributed by atoms with Crippen LogP contribution in [0.1, 0.15) is 12.5 Å². The van der Waals surface area contributed by atoms with Crippen LogP contribution in [0.2, 0.25) is 0 Å². The average molecular weight is 190 g/mol. The van der Waals surface area contributed by atoms with Crippen molar-refractivity contribution in [2.24, 2.45) is 4.99 Å². The van der Waals surface area contributed by atoms with Gasteiger partial charge in [-0.05, 0) is 18.6 Å². The van der Waals surface area contributed by atoms with Crippen molar-refractivity contribution in [2.75, 3.05) is 12.4 Å². The molecule has 0 atom stereocenters. The Kier molecular flexibility index (Phi) is 3.85. The van der Waals surface area contributed by atoms with Crippen LogP contribution in [0, 0.1) is 0 Å². The second-order valence-electron chi connectivity index (χ2n) is 3.07. The van der Waals surface area contributed by atoms with E-state index in [1.807, 2.05) is 24.3 Å². The second-order valence-corrected chi connectivity index (χ2v) is 3.07. The largest absolute Gasteiger partial charge is 0.347 e. The minimum absolute atomic E-state index is 0.160. The molecule has 0 bridgehead atoms. The van der Waals surface area contributed by atoms with Gasteiger partial charge in [0.2, 0.25) is 0 Å². The van der Waals surface area contributed by atoms with Crippen molar-refractivity contribution < 1.29 is 4.79 Å². The fourth-order valence-corrected chi connectivity index (χ4v) is 1.22. The summed E-state index contributed by atoms with van der Waals surface area (Å²) in [7, 11) is 1.70. The minimum Gasteiger partial charge on any atom is -0.347 e. The number of rotatable bonds is 4. The SMILES string of the molecule is CN=CNc1ccccc1CC(C)=O. The number of carbonyl (C=O) groups is 1. The Bertz CT molecular complexity index is 345. The fourth-order valence-electron chi connectivity index (χ4n) is 1.22. The molecule has 0 aliphatic heterocycles. The van der Waals surface area contributed by atoms with Crippen LogP contribution in [-0.4, -0.2) is 19.2 Å². The van der Waals surface area contributed by atoms with Crippen LogP contribution in [0.15, 0.2) is 29.3 Å². The number of Topliss-reactive ketones (excluding diaryl/α,β-unsaturated/α-hetero) is 1. The standard InChI is InChI=1S/C11H14N2O/c1-9(14)7-10-5-3-4-6-11(10)13-8-12-2/h3-6,8H,7H2,1-2H3,(H,12,13). The summed E-state index contributed by atoms with van der Waals surface area (Å²) < 4.78 is 0. The molecule has 0 heterocycles. The molecule has 0 saturated heterocycles. The van der Waals surface area contributed by atoms with E-state index in [0.717, 1.165) is 11.3 Å². The van der Waals surface area contributed by atoms with Gasteiger partial charge in [0.25, 0.3) is 0 Å². The Morgan fingerprint density at radius 2 is 2.21 bits per heavy atom. The van der Waals surface area contributed by atoms with Crippen LogP contribution in [0.3, 0.4) is 0 Å². The zero-order valence-corrected chi connectivity index (χ0v) is 8.45. The van der Waals surface area contributed by atoms with Crippen LogP contribution < -0.4 is 5.32 Å². The quantitative estimate of drug-likeness (QED) is 0.582. The Hall–Kier alpha value is -1.64. The highest BCUT2D eigenvalue weighted by Crippen LogP contribution is 2.14. The molecule has 1 aromatic carbocycles. The summed E-state index contributed by atoms with van der Waals surface area (Å²) in [5.41, 5.74) is 1.94. The van der Waals surface area contributed by atoms with Gasteiger partial charge in [-0.2, -0.15) is 0 Å². The number of aliphatic imine (C=N–C) groups is 1. The van der Waals surface area contributed by atoms with E-state index in [0.29, 0.717) is 6.42 Å².